The molecule has 0 saturated carbocycles. The number of carboxylic acid groups (broad SMARTS) is 1. The third kappa shape index (κ3) is 7.32. The van der Waals surface area contributed by atoms with Crippen LogP contribution in [0.25, 0.3) is 0 Å². The average Bonchev–Trinajstić information content (AvgIpc) is 2.36. The molecule has 0 aromatic rings. The van der Waals surface area contributed by atoms with Gasteiger partial charge in [-0.05, 0) is 56.6 Å². The van der Waals surface area contributed by atoms with Crippen molar-refractivity contribution < 1.29 is 9.90 Å². The molecule has 0 amide bonds. The van der Waals surface area contributed by atoms with Crippen LogP contribution >= 0.6 is 0 Å². The smallest absolute Gasteiger partial charge is 0.328 e. The molecule has 2 heteroatoms. The molecule has 0 aliphatic heterocycles. The molecular formula is C21H32O2. The molecule has 0 atom stereocenters. The van der Waals surface area contributed by atoms with Crippen molar-refractivity contribution >= 4 is 5.97 Å². The van der Waals surface area contributed by atoms with Gasteiger partial charge in [-0.25, -0.2) is 4.79 Å². The molecule has 0 aromatic heterocycles. The van der Waals surface area contributed by atoms with Crippen molar-refractivity contribution in [1.82, 2.24) is 0 Å². The summed E-state index contributed by atoms with van der Waals surface area (Å²) in [5.41, 5.74) is 5.09. The number of aliphatic carboxylic acids is 1. The van der Waals surface area contributed by atoms with Gasteiger partial charge in [-0.15, -0.1) is 0 Å². The molecule has 0 heterocycles. The summed E-state index contributed by atoms with van der Waals surface area (Å²) in [7, 11) is 0. The van der Waals surface area contributed by atoms with Crippen LogP contribution in [-0.4, -0.2) is 11.1 Å². The van der Waals surface area contributed by atoms with E-state index in [-0.39, 0.29) is 12.8 Å². The van der Waals surface area contributed by atoms with Crippen molar-refractivity contribution in [3.8, 4) is 0 Å². The molecule has 0 radical (unpaired) electrons. The van der Waals surface area contributed by atoms with E-state index >= 15 is 0 Å². The van der Waals surface area contributed by atoms with E-state index in [4.69, 9.17) is 5.11 Å². The molecule has 0 fully saturated rings. The summed E-state index contributed by atoms with van der Waals surface area (Å²) in [6.45, 7) is 10.7. The Morgan fingerprint density at radius 2 is 1.83 bits per heavy atom. The molecule has 1 rings (SSSR count). The maximum absolute atomic E-state index is 10.5. The molecule has 1 aliphatic rings. The molecule has 1 N–H and O–H groups in total. The van der Waals surface area contributed by atoms with E-state index < -0.39 is 5.97 Å². The van der Waals surface area contributed by atoms with E-state index in [1.54, 1.807) is 13.0 Å². The Bertz CT molecular complexity index is 567. The highest BCUT2D eigenvalue weighted by atomic mass is 16.4. The molecule has 1 aliphatic carbocycles. The van der Waals surface area contributed by atoms with Gasteiger partial charge in [-0.3, -0.25) is 0 Å². The second-order valence-corrected chi connectivity index (χ2v) is 6.76. The van der Waals surface area contributed by atoms with Crippen LogP contribution in [-0.2, 0) is 4.79 Å². The van der Waals surface area contributed by atoms with Gasteiger partial charge in [0.05, 0.1) is 0 Å². The van der Waals surface area contributed by atoms with Crippen molar-refractivity contribution in [3.05, 3.63) is 58.7 Å². The number of rotatable bonds is 5. The van der Waals surface area contributed by atoms with Crippen LogP contribution in [0, 0.1) is 5.41 Å². The molecule has 0 unspecified atom stereocenters. The van der Waals surface area contributed by atoms with Crippen LogP contribution in [0.15, 0.2) is 58.7 Å². The largest absolute Gasteiger partial charge is 0.478 e. The normalized spacial score (nSPS) is 19.3. The van der Waals surface area contributed by atoms with Gasteiger partial charge in [-0.2, -0.15) is 0 Å². The van der Waals surface area contributed by atoms with E-state index in [1.165, 1.54) is 36.5 Å². The van der Waals surface area contributed by atoms with Crippen LogP contribution in [0.2, 0.25) is 0 Å². The van der Waals surface area contributed by atoms with E-state index in [9.17, 15) is 4.79 Å². The lowest BCUT2D eigenvalue weighted by molar-refractivity contribution is -0.131. The molecule has 0 aromatic carbocycles. The van der Waals surface area contributed by atoms with Crippen molar-refractivity contribution in [2.24, 2.45) is 5.41 Å². The minimum absolute atomic E-state index is 0. The number of hydrogen-bond acceptors (Lipinski definition) is 1. The second kappa shape index (κ2) is 9.34. The highest BCUT2D eigenvalue weighted by Gasteiger charge is 2.26. The quantitative estimate of drug-likeness (QED) is 0.481. The fourth-order valence-electron chi connectivity index (χ4n) is 2.88. The first-order valence-electron chi connectivity index (χ1n) is 7.87. The van der Waals surface area contributed by atoms with Gasteiger partial charge in [0.15, 0.2) is 0 Å². The highest BCUT2D eigenvalue weighted by Crippen LogP contribution is 2.40. The van der Waals surface area contributed by atoms with Crippen LogP contribution in [0.5, 0.6) is 0 Å². The lowest BCUT2D eigenvalue weighted by atomic mass is 9.72. The Labute approximate surface area is 142 Å². The van der Waals surface area contributed by atoms with Gasteiger partial charge in [0.1, 0.15) is 0 Å². The van der Waals surface area contributed by atoms with E-state index in [0.717, 1.165) is 11.1 Å². The summed E-state index contributed by atoms with van der Waals surface area (Å²) in [6.07, 6.45) is 15.0. The predicted molar refractivity (Wildman–Crippen MR) is 100 cm³/mol. The summed E-state index contributed by atoms with van der Waals surface area (Å²) in [5, 5.41) is 8.65. The fourth-order valence-corrected chi connectivity index (χ4v) is 2.88. The minimum atomic E-state index is -0.912. The van der Waals surface area contributed by atoms with Crippen molar-refractivity contribution in [2.75, 3.05) is 0 Å². The van der Waals surface area contributed by atoms with Gasteiger partial charge in [0.25, 0.3) is 0 Å². The van der Waals surface area contributed by atoms with Crippen LogP contribution < -0.4 is 0 Å². The van der Waals surface area contributed by atoms with Crippen molar-refractivity contribution in [2.45, 2.75) is 61.3 Å². The van der Waals surface area contributed by atoms with Crippen LogP contribution in [0.3, 0.4) is 0 Å². The zero-order valence-electron chi connectivity index (χ0n) is 14.4. The van der Waals surface area contributed by atoms with E-state index in [1.807, 2.05) is 12.2 Å². The fraction of sp³-hybridized carbons (Fsp3) is 0.476. The molecular weight excluding hydrogens is 284 g/mol. The molecule has 0 bridgehead atoms. The molecule has 128 valence electrons. The SMILES string of the molecule is C.CC1=C(/C=C/C(C)=C/C=C/C(C)=C\C(=O)O)C(C)(C)CCC1. The Morgan fingerprint density at radius 1 is 1.17 bits per heavy atom. The first-order chi connectivity index (χ1) is 10.2. The third-order valence-corrected chi connectivity index (χ3v) is 4.12. The number of carboxylic acids is 1. The monoisotopic (exact) mass is 316 g/mol. The van der Waals surface area contributed by atoms with E-state index in [2.05, 4.69) is 39.8 Å². The maximum atomic E-state index is 10.5. The van der Waals surface area contributed by atoms with E-state index in [0.29, 0.717) is 0 Å². The Morgan fingerprint density at radius 3 is 2.39 bits per heavy atom. The Balaban J connectivity index is 0.00000484. The predicted octanol–water partition coefficient (Wildman–Crippen LogP) is 6.24. The molecule has 2 nitrogen and oxygen atoms in total. The summed E-state index contributed by atoms with van der Waals surface area (Å²) >= 11 is 0. The van der Waals surface area contributed by atoms with Crippen LogP contribution in [0.1, 0.15) is 61.3 Å². The maximum Gasteiger partial charge on any atom is 0.328 e. The third-order valence-electron chi connectivity index (χ3n) is 4.12. The lowest BCUT2D eigenvalue weighted by Gasteiger charge is -2.32. The topological polar surface area (TPSA) is 37.3 Å². The van der Waals surface area contributed by atoms with Crippen molar-refractivity contribution in [1.29, 1.82) is 0 Å². The first-order valence-corrected chi connectivity index (χ1v) is 7.87. The van der Waals surface area contributed by atoms with Crippen molar-refractivity contribution in [3.63, 3.8) is 0 Å². The summed E-state index contributed by atoms with van der Waals surface area (Å²) in [4.78, 5) is 10.5. The van der Waals surface area contributed by atoms with Crippen LogP contribution in [0.4, 0.5) is 0 Å². The molecule has 23 heavy (non-hydrogen) atoms. The van der Waals surface area contributed by atoms with Gasteiger partial charge >= 0.3 is 5.97 Å². The molecule has 0 spiro atoms. The second-order valence-electron chi connectivity index (χ2n) is 6.76. The number of carbonyl (C=O) groups is 1. The Kier molecular flexibility index (Phi) is 8.60. The summed E-state index contributed by atoms with van der Waals surface area (Å²) in [5.74, 6) is -0.912. The van der Waals surface area contributed by atoms with Gasteiger partial charge in [0.2, 0.25) is 0 Å². The summed E-state index contributed by atoms with van der Waals surface area (Å²) < 4.78 is 0. The van der Waals surface area contributed by atoms with Gasteiger partial charge in [0, 0.05) is 6.08 Å². The molecule has 0 saturated heterocycles. The lowest BCUT2D eigenvalue weighted by Crippen LogP contribution is -2.19. The zero-order valence-corrected chi connectivity index (χ0v) is 14.4. The highest BCUT2D eigenvalue weighted by molar-refractivity contribution is 5.81. The first kappa shape index (κ1) is 21.2. The Hall–Kier alpha value is -1.83. The van der Waals surface area contributed by atoms with Gasteiger partial charge < -0.3 is 5.11 Å². The van der Waals surface area contributed by atoms with Gasteiger partial charge in [-0.1, -0.05) is 62.8 Å². The number of hydrogen-bond donors (Lipinski definition) is 1. The standard InChI is InChI=1S/C20H28O2.CH4/c1-15(8-6-9-16(2)14-19(21)22)11-12-18-17(3)10-7-13-20(18,4)5;/h6,8-9,11-12,14H,7,10,13H2,1-5H3,(H,21,22);1H4/b9-6+,12-11+,15-8+,16-14-;. The number of allylic oxidation sites excluding steroid dienone is 9. The summed E-state index contributed by atoms with van der Waals surface area (Å²) in [6, 6.07) is 0. The average molecular weight is 316 g/mol. The zero-order chi connectivity index (χ0) is 16.8. The minimum Gasteiger partial charge on any atom is -0.478 e.